The molecule has 0 heterocycles. The summed E-state index contributed by atoms with van der Waals surface area (Å²) in [5.74, 6) is -1.89. The van der Waals surface area contributed by atoms with E-state index in [-0.39, 0.29) is 22.9 Å². The highest BCUT2D eigenvalue weighted by atomic mass is 19.4. The molecule has 151 valence electrons. The minimum atomic E-state index is -4.97. The maximum absolute atomic E-state index is 12.5. The molecule has 0 aliphatic rings. The van der Waals surface area contributed by atoms with Crippen molar-refractivity contribution in [3.8, 4) is 23.0 Å². The third-order valence-electron chi connectivity index (χ3n) is 2.94. The van der Waals surface area contributed by atoms with E-state index in [1.807, 2.05) is 0 Å². The Bertz CT molecular complexity index is 810. The maximum Gasteiger partial charge on any atom is 0.573 e. The van der Waals surface area contributed by atoms with Crippen molar-refractivity contribution in [2.24, 2.45) is 10.2 Å². The fourth-order valence-electron chi connectivity index (χ4n) is 1.91. The van der Waals surface area contributed by atoms with Crippen LogP contribution in [0.15, 0.2) is 40.6 Å². The molecule has 28 heavy (non-hydrogen) atoms. The van der Waals surface area contributed by atoms with Crippen molar-refractivity contribution in [2.45, 2.75) is 12.7 Å². The van der Waals surface area contributed by atoms with Gasteiger partial charge in [0, 0.05) is 18.2 Å². The molecule has 0 amide bonds. The second kappa shape index (κ2) is 8.23. The Kier molecular flexibility index (Phi) is 6.21. The van der Waals surface area contributed by atoms with Crippen LogP contribution in [-0.2, 0) is 0 Å². The van der Waals surface area contributed by atoms with Gasteiger partial charge in [-0.1, -0.05) is 0 Å². The first kappa shape index (κ1) is 21.1. The highest BCUT2D eigenvalue weighted by Gasteiger charge is 2.34. The zero-order valence-electron chi connectivity index (χ0n) is 14.2. The molecule has 0 fully saturated rings. The number of azo groups is 1. The van der Waals surface area contributed by atoms with Crippen molar-refractivity contribution in [1.29, 1.82) is 0 Å². The van der Waals surface area contributed by atoms with E-state index in [0.29, 0.717) is 0 Å². The van der Waals surface area contributed by atoms with E-state index in [1.165, 1.54) is 6.07 Å². The highest BCUT2D eigenvalue weighted by Crippen LogP contribution is 2.43. The van der Waals surface area contributed by atoms with E-state index in [1.54, 1.807) is 0 Å². The van der Waals surface area contributed by atoms with E-state index < -0.39 is 24.2 Å². The molecule has 0 aliphatic carbocycles. The number of rotatable bonds is 6. The Hall–Kier alpha value is -3.18. The largest absolute Gasteiger partial charge is 0.573 e. The summed E-state index contributed by atoms with van der Waals surface area (Å²) in [6.07, 6.45) is -9.83. The van der Waals surface area contributed by atoms with E-state index >= 15 is 0 Å². The molecular weight excluding hydrogens is 398 g/mol. The normalized spacial score (nSPS) is 12.1. The monoisotopic (exact) mass is 409 g/mol. The number of alkyl halides is 6. The summed E-state index contributed by atoms with van der Waals surface area (Å²) in [6.45, 7) is 0. The first-order chi connectivity index (χ1) is 13.0. The first-order valence-corrected chi connectivity index (χ1v) is 7.22. The van der Waals surface area contributed by atoms with Crippen molar-refractivity contribution in [1.82, 2.24) is 0 Å². The summed E-state index contributed by atoms with van der Waals surface area (Å²) in [6, 6.07) is 7.67. The fourth-order valence-corrected chi connectivity index (χ4v) is 1.91. The highest BCUT2D eigenvalue weighted by molar-refractivity contribution is 5.60. The number of methoxy groups -OCH3 is 2. The lowest BCUT2D eigenvalue weighted by Crippen LogP contribution is -2.18. The first-order valence-electron chi connectivity index (χ1n) is 7.22. The second-order valence-corrected chi connectivity index (χ2v) is 4.89. The van der Waals surface area contributed by atoms with Crippen LogP contribution in [-0.4, -0.2) is 26.9 Å². The molecule has 0 atom stereocenters. The Morgan fingerprint density at radius 3 is 1.75 bits per heavy atom. The molecule has 1 radical (unpaired) electrons. The zero-order chi connectivity index (χ0) is 20.9. The molecule has 0 saturated carbocycles. The number of benzene rings is 2. The maximum atomic E-state index is 12.5. The Balaban J connectivity index is 2.26. The third kappa shape index (κ3) is 6.21. The van der Waals surface area contributed by atoms with Gasteiger partial charge in [-0.3, -0.25) is 0 Å². The van der Waals surface area contributed by atoms with Gasteiger partial charge < -0.3 is 18.9 Å². The van der Waals surface area contributed by atoms with E-state index in [0.717, 1.165) is 38.5 Å². The molecule has 0 saturated heterocycles. The topological polar surface area (TPSA) is 61.6 Å². The lowest BCUT2D eigenvalue weighted by Gasteiger charge is -2.16. The number of hydrogen-bond acceptors (Lipinski definition) is 6. The van der Waals surface area contributed by atoms with Crippen LogP contribution in [0.2, 0.25) is 0 Å². The zero-order valence-corrected chi connectivity index (χ0v) is 14.2. The van der Waals surface area contributed by atoms with Crippen LogP contribution in [0.5, 0.6) is 23.0 Å². The second-order valence-electron chi connectivity index (χ2n) is 4.89. The van der Waals surface area contributed by atoms with Crippen molar-refractivity contribution in [3.63, 3.8) is 0 Å². The quantitative estimate of drug-likeness (QED) is 0.453. The Morgan fingerprint density at radius 2 is 1.32 bits per heavy atom. The molecule has 2 rings (SSSR count). The van der Waals surface area contributed by atoms with Crippen molar-refractivity contribution in [3.05, 3.63) is 36.4 Å². The van der Waals surface area contributed by atoms with Gasteiger partial charge >= 0.3 is 12.7 Å². The van der Waals surface area contributed by atoms with Crippen molar-refractivity contribution < 1.29 is 45.3 Å². The molecule has 0 aromatic heterocycles. The van der Waals surface area contributed by atoms with Crippen LogP contribution >= 0.6 is 0 Å². The number of ether oxygens (including phenoxy) is 4. The van der Waals surface area contributed by atoms with Gasteiger partial charge in [-0.15, -0.1) is 26.3 Å². The lowest BCUT2D eigenvalue weighted by molar-refractivity contribution is -0.276. The Morgan fingerprint density at radius 1 is 0.786 bits per heavy atom. The molecule has 0 aliphatic heterocycles. The lowest BCUT2D eigenvalue weighted by atomic mass is 10.2. The van der Waals surface area contributed by atoms with Gasteiger partial charge in [0.1, 0.15) is 5.75 Å². The van der Waals surface area contributed by atoms with Gasteiger partial charge in [0.05, 0.1) is 25.6 Å². The van der Waals surface area contributed by atoms with E-state index in [9.17, 15) is 26.3 Å². The van der Waals surface area contributed by atoms with Crippen molar-refractivity contribution in [2.75, 3.05) is 14.2 Å². The predicted molar refractivity (Wildman–Crippen MR) is 82.4 cm³/mol. The SMILES string of the molecule is COc1cc(N=Nc2c[c]c(OC(F)(F)F)cc2)cc(OC)c1OC(F)(F)F. The van der Waals surface area contributed by atoms with Gasteiger partial charge in [0.25, 0.3) is 0 Å². The fraction of sp³-hybridized carbons (Fsp3) is 0.250. The molecule has 0 unspecified atom stereocenters. The van der Waals surface area contributed by atoms with Gasteiger partial charge in [-0.25, -0.2) is 0 Å². The average molecular weight is 409 g/mol. The van der Waals surface area contributed by atoms with Gasteiger partial charge in [0.2, 0.25) is 5.75 Å². The molecule has 2 aromatic rings. The minimum Gasteiger partial charge on any atom is -0.493 e. The molecule has 0 bridgehead atoms. The summed E-state index contributed by atoms with van der Waals surface area (Å²) in [7, 11) is 2.24. The summed E-state index contributed by atoms with van der Waals surface area (Å²) in [5, 5.41) is 7.53. The molecule has 2 aromatic carbocycles. The Labute approximate surface area is 154 Å². The van der Waals surface area contributed by atoms with Crippen molar-refractivity contribution >= 4 is 11.4 Å². The smallest absolute Gasteiger partial charge is 0.493 e. The molecule has 0 N–H and O–H groups in total. The molecule has 6 nitrogen and oxygen atoms in total. The molecular formula is C16H11F6N2O4. The minimum absolute atomic E-state index is 0.0406. The van der Waals surface area contributed by atoms with Gasteiger partial charge in [0.15, 0.2) is 11.5 Å². The number of hydrogen-bond donors (Lipinski definition) is 0. The standard InChI is InChI=1S/C16H11F6N2O4/c1-25-12-7-10(8-13(26-2)14(12)28-16(20,21)22)24-23-9-3-5-11(6-4-9)27-15(17,18)19/h3-5,7-8H,1-2H3. The summed E-state index contributed by atoms with van der Waals surface area (Å²) >= 11 is 0. The van der Waals surface area contributed by atoms with E-state index in [4.69, 9.17) is 9.47 Å². The predicted octanol–water partition coefficient (Wildman–Crippen LogP) is 5.72. The summed E-state index contributed by atoms with van der Waals surface area (Å²) in [4.78, 5) is 0. The van der Waals surface area contributed by atoms with Crippen LogP contribution in [0.25, 0.3) is 0 Å². The average Bonchev–Trinajstić information content (AvgIpc) is 2.59. The summed E-state index contributed by atoms with van der Waals surface area (Å²) in [5.41, 5.74) is 0.155. The third-order valence-corrected chi connectivity index (χ3v) is 2.94. The number of nitrogens with zero attached hydrogens (tertiary/aromatic N) is 2. The van der Waals surface area contributed by atoms with Crippen LogP contribution in [0.1, 0.15) is 0 Å². The van der Waals surface area contributed by atoms with Crippen LogP contribution in [0.4, 0.5) is 37.7 Å². The van der Waals surface area contributed by atoms with Gasteiger partial charge in [-0.05, 0) is 18.2 Å². The van der Waals surface area contributed by atoms with Crippen LogP contribution in [0.3, 0.4) is 0 Å². The molecule has 12 heteroatoms. The van der Waals surface area contributed by atoms with E-state index in [2.05, 4.69) is 25.8 Å². The number of halogens is 6. The van der Waals surface area contributed by atoms with Gasteiger partial charge in [-0.2, -0.15) is 10.2 Å². The van der Waals surface area contributed by atoms with Crippen LogP contribution < -0.4 is 18.9 Å². The summed E-state index contributed by atoms with van der Waals surface area (Å²) < 4.78 is 91.1. The molecule has 0 spiro atoms. The van der Waals surface area contributed by atoms with Crippen LogP contribution in [0, 0.1) is 6.07 Å².